The highest BCUT2D eigenvalue weighted by Crippen LogP contribution is 2.22. The van der Waals surface area contributed by atoms with Crippen LogP contribution in [-0.4, -0.2) is 40.8 Å². The first-order valence-electron chi connectivity index (χ1n) is 6.54. The number of carbonyl (C=O) groups is 1. The number of amides is 1. The van der Waals surface area contributed by atoms with Crippen LogP contribution in [0.25, 0.3) is 0 Å². The van der Waals surface area contributed by atoms with E-state index in [1.54, 1.807) is 6.92 Å². The number of hydrogen-bond donors (Lipinski definition) is 0. The van der Waals surface area contributed by atoms with Crippen molar-refractivity contribution in [1.82, 2.24) is 4.90 Å². The molecule has 1 saturated heterocycles. The van der Waals surface area contributed by atoms with Gasteiger partial charge in [-0.1, -0.05) is 13.3 Å². The van der Waals surface area contributed by atoms with Gasteiger partial charge in [0.25, 0.3) is 0 Å². The average molecular weight is 277 g/mol. The maximum absolute atomic E-state index is 12.0. The highest BCUT2D eigenvalue weighted by molar-refractivity contribution is 7.75. The third-order valence-corrected chi connectivity index (χ3v) is 4.18. The van der Waals surface area contributed by atoms with Crippen LogP contribution < -0.4 is 0 Å². The second-order valence-corrected chi connectivity index (χ2v) is 5.55. The topological polar surface area (TPSA) is 55.8 Å². The molecule has 1 amide bonds. The number of likely N-dealkylation sites (tertiary alicyclic amines) is 1. The fourth-order valence-electron chi connectivity index (χ4n) is 2.16. The Labute approximate surface area is 112 Å². The van der Waals surface area contributed by atoms with Crippen LogP contribution in [0.3, 0.4) is 0 Å². The summed E-state index contributed by atoms with van der Waals surface area (Å²) in [5, 5.41) is 0. The molecule has 1 heterocycles. The minimum atomic E-state index is -1.82. The molecule has 3 atom stereocenters. The van der Waals surface area contributed by atoms with Crippen LogP contribution in [0.15, 0.2) is 0 Å². The van der Waals surface area contributed by atoms with Crippen molar-refractivity contribution in [3.63, 3.8) is 0 Å². The number of nitrogens with zero attached hydrogens (tertiary/aromatic N) is 1. The zero-order valence-corrected chi connectivity index (χ0v) is 12.2. The summed E-state index contributed by atoms with van der Waals surface area (Å²) in [7, 11) is 0. The molecule has 0 aromatic rings. The van der Waals surface area contributed by atoms with E-state index in [1.165, 1.54) is 0 Å². The summed E-state index contributed by atoms with van der Waals surface area (Å²) in [6.07, 6.45) is 3.33. The summed E-state index contributed by atoms with van der Waals surface area (Å²) < 4.78 is 20.8. The smallest absolute Gasteiger partial charge is 0.305 e. The fourth-order valence-corrected chi connectivity index (χ4v) is 2.62. The molecular weight excluding hydrogens is 254 g/mol. The van der Waals surface area contributed by atoms with Crippen molar-refractivity contribution in [3.05, 3.63) is 0 Å². The second kappa shape index (κ2) is 7.86. The van der Waals surface area contributed by atoms with Crippen molar-refractivity contribution in [1.29, 1.82) is 0 Å². The third kappa shape index (κ3) is 4.66. The van der Waals surface area contributed by atoms with Crippen molar-refractivity contribution in [2.24, 2.45) is 5.92 Å². The summed E-state index contributed by atoms with van der Waals surface area (Å²) in [5.74, 6) is 0.387. The van der Waals surface area contributed by atoms with E-state index < -0.39 is 11.4 Å². The van der Waals surface area contributed by atoms with E-state index in [0.717, 1.165) is 25.8 Å². The van der Waals surface area contributed by atoms with E-state index >= 15 is 0 Å². The molecule has 0 spiro atoms. The van der Waals surface area contributed by atoms with Gasteiger partial charge in [0.15, 0.2) is 0 Å². The normalized spacial score (nSPS) is 26.7. The molecule has 5 nitrogen and oxygen atoms in total. The standard InChI is InChI=1S/C12H23NO4S/c1-4-16-18(15)17-9-12(14)13-8-6-5-7-10(2)11(13)3/h10-11H,4-9H2,1-3H3. The Bertz CT molecular complexity index is 298. The molecule has 1 fully saturated rings. The predicted octanol–water partition coefficient (Wildman–Crippen LogP) is 1.66. The van der Waals surface area contributed by atoms with Gasteiger partial charge < -0.3 is 4.90 Å². The lowest BCUT2D eigenvalue weighted by Gasteiger charge is -2.30. The molecule has 0 aromatic carbocycles. The van der Waals surface area contributed by atoms with E-state index in [4.69, 9.17) is 8.37 Å². The fraction of sp³-hybridized carbons (Fsp3) is 0.917. The molecule has 1 aliphatic rings. The molecule has 0 bridgehead atoms. The van der Waals surface area contributed by atoms with Gasteiger partial charge in [0, 0.05) is 12.6 Å². The molecule has 0 radical (unpaired) electrons. The maximum Gasteiger partial charge on any atom is 0.305 e. The predicted molar refractivity (Wildman–Crippen MR) is 69.9 cm³/mol. The molecule has 0 aliphatic carbocycles. The van der Waals surface area contributed by atoms with Crippen LogP contribution >= 0.6 is 0 Å². The monoisotopic (exact) mass is 277 g/mol. The summed E-state index contributed by atoms with van der Waals surface area (Å²) in [6.45, 7) is 6.83. The van der Waals surface area contributed by atoms with Gasteiger partial charge in [-0.3, -0.25) is 13.2 Å². The summed E-state index contributed by atoms with van der Waals surface area (Å²) >= 11 is -1.82. The highest BCUT2D eigenvalue weighted by Gasteiger charge is 2.27. The molecule has 3 unspecified atom stereocenters. The van der Waals surface area contributed by atoms with Crippen molar-refractivity contribution in [2.45, 2.75) is 46.1 Å². The van der Waals surface area contributed by atoms with Gasteiger partial charge in [-0.25, -0.2) is 0 Å². The van der Waals surface area contributed by atoms with Gasteiger partial charge in [-0.15, -0.1) is 0 Å². The molecule has 1 rings (SSSR count). The Morgan fingerprint density at radius 3 is 2.72 bits per heavy atom. The van der Waals surface area contributed by atoms with Crippen LogP contribution in [0.4, 0.5) is 0 Å². The Morgan fingerprint density at radius 2 is 2.06 bits per heavy atom. The van der Waals surface area contributed by atoms with E-state index in [0.29, 0.717) is 12.5 Å². The van der Waals surface area contributed by atoms with Gasteiger partial charge in [0.05, 0.1) is 6.61 Å². The Kier molecular flexibility index (Phi) is 6.81. The summed E-state index contributed by atoms with van der Waals surface area (Å²) in [4.78, 5) is 13.9. The van der Waals surface area contributed by atoms with E-state index in [-0.39, 0.29) is 18.6 Å². The molecule has 0 saturated carbocycles. The number of hydrogen-bond acceptors (Lipinski definition) is 4. The molecule has 106 valence electrons. The first kappa shape index (κ1) is 15.6. The quantitative estimate of drug-likeness (QED) is 0.767. The molecule has 6 heteroatoms. The van der Waals surface area contributed by atoms with Crippen molar-refractivity contribution >= 4 is 17.3 Å². The minimum absolute atomic E-state index is 0.107. The number of rotatable bonds is 5. The second-order valence-electron chi connectivity index (χ2n) is 4.67. The molecule has 18 heavy (non-hydrogen) atoms. The summed E-state index contributed by atoms with van der Waals surface area (Å²) in [5.41, 5.74) is 0. The lowest BCUT2D eigenvalue weighted by atomic mass is 9.98. The van der Waals surface area contributed by atoms with E-state index in [9.17, 15) is 9.00 Å². The minimum Gasteiger partial charge on any atom is -0.338 e. The van der Waals surface area contributed by atoms with Crippen molar-refractivity contribution in [3.8, 4) is 0 Å². The van der Waals surface area contributed by atoms with Crippen LogP contribution in [0.5, 0.6) is 0 Å². The lowest BCUT2D eigenvalue weighted by Crippen LogP contribution is -2.43. The van der Waals surface area contributed by atoms with Crippen LogP contribution in [-0.2, 0) is 24.5 Å². The van der Waals surface area contributed by atoms with Gasteiger partial charge in [0.1, 0.15) is 6.61 Å². The van der Waals surface area contributed by atoms with Gasteiger partial charge in [-0.05, 0) is 32.6 Å². The molecule has 0 N–H and O–H groups in total. The molecule has 1 aliphatic heterocycles. The Balaban J connectivity index is 2.46. The van der Waals surface area contributed by atoms with Gasteiger partial charge >= 0.3 is 11.4 Å². The SMILES string of the molecule is CCOS(=O)OCC(=O)N1CCCCC(C)C1C. The number of carbonyl (C=O) groups excluding carboxylic acids is 1. The van der Waals surface area contributed by atoms with Crippen LogP contribution in [0, 0.1) is 5.92 Å². The average Bonchev–Trinajstić information content (AvgIpc) is 2.50. The van der Waals surface area contributed by atoms with Crippen LogP contribution in [0.1, 0.15) is 40.0 Å². The highest BCUT2D eigenvalue weighted by atomic mass is 32.2. The zero-order chi connectivity index (χ0) is 13.5. The van der Waals surface area contributed by atoms with Crippen molar-refractivity contribution in [2.75, 3.05) is 19.8 Å². The first-order valence-corrected chi connectivity index (χ1v) is 7.54. The first-order chi connectivity index (χ1) is 8.56. The van der Waals surface area contributed by atoms with Crippen LogP contribution in [0.2, 0.25) is 0 Å². The largest absolute Gasteiger partial charge is 0.338 e. The molecule has 0 aromatic heterocycles. The maximum atomic E-state index is 12.0. The van der Waals surface area contributed by atoms with Crippen molar-refractivity contribution < 1.29 is 17.4 Å². The Morgan fingerprint density at radius 1 is 1.33 bits per heavy atom. The third-order valence-electron chi connectivity index (χ3n) is 3.44. The Hall–Kier alpha value is -0.460. The van der Waals surface area contributed by atoms with Gasteiger partial charge in [0.2, 0.25) is 5.91 Å². The zero-order valence-electron chi connectivity index (χ0n) is 11.4. The van der Waals surface area contributed by atoms with Gasteiger partial charge in [-0.2, -0.15) is 4.21 Å². The lowest BCUT2D eigenvalue weighted by molar-refractivity contribution is -0.136. The van der Waals surface area contributed by atoms with E-state index in [1.807, 2.05) is 4.90 Å². The summed E-state index contributed by atoms with van der Waals surface area (Å²) in [6, 6.07) is 0.212. The molecular formula is C12H23NO4S. The van der Waals surface area contributed by atoms with E-state index in [2.05, 4.69) is 13.8 Å².